The van der Waals surface area contributed by atoms with Crippen molar-refractivity contribution in [2.45, 2.75) is 6.92 Å². The summed E-state index contributed by atoms with van der Waals surface area (Å²) in [6.45, 7) is 0.963. The second-order valence-electron chi connectivity index (χ2n) is 2.93. The van der Waals surface area contributed by atoms with Gasteiger partial charge in [-0.2, -0.15) is 0 Å². The third kappa shape index (κ3) is 3.94. The van der Waals surface area contributed by atoms with Crippen LogP contribution in [-0.2, 0) is 14.3 Å². The molecule has 0 aliphatic rings. The summed E-state index contributed by atoms with van der Waals surface area (Å²) >= 11 is 6.61. The minimum absolute atomic E-state index is 0.289. The molecular weight excluding hydrogens is 342 g/mol. The molecule has 0 aliphatic carbocycles. The van der Waals surface area contributed by atoms with Gasteiger partial charge in [-0.15, -0.1) is 0 Å². The van der Waals surface area contributed by atoms with Crippen LogP contribution in [0.4, 0.5) is 5.69 Å². The fourth-order valence-electron chi connectivity index (χ4n) is 0.960. The molecule has 0 atom stereocenters. The lowest BCUT2D eigenvalue weighted by molar-refractivity contribution is -0.144. The summed E-state index contributed by atoms with van der Waals surface area (Å²) < 4.78 is 6.07. The van der Waals surface area contributed by atoms with Gasteiger partial charge in [-0.25, -0.2) is 0 Å². The quantitative estimate of drug-likeness (QED) is 0.853. The summed E-state index contributed by atoms with van der Waals surface area (Å²) in [5, 5.41) is 2.62. The van der Waals surface area contributed by atoms with Crippen molar-refractivity contribution in [3.8, 4) is 0 Å². The van der Waals surface area contributed by atoms with E-state index >= 15 is 0 Å². The van der Waals surface area contributed by atoms with Crippen LogP contribution in [0.15, 0.2) is 27.1 Å². The van der Waals surface area contributed by atoms with Crippen molar-refractivity contribution in [1.82, 2.24) is 0 Å². The van der Waals surface area contributed by atoms with E-state index in [0.717, 1.165) is 8.95 Å². The first kappa shape index (κ1) is 13.2. The van der Waals surface area contributed by atoms with E-state index in [9.17, 15) is 9.59 Å². The van der Waals surface area contributed by atoms with Gasteiger partial charge in [-0.1, -0.05) is 6.07 Å². The van der Waals surface area contributed by atoms with Gasteiger partial charge in [-0.05, 0) is 44.0 Å². The number of para-hydroxylation sites is 1. The molecule has 86 valence electrons. The molecule has 1 amide bonds. The lowest BCUT2D eigenvalue weighted by Crippen LogP contribution is -2.20. The first-order chi connectivity index (χ1) is 7.50. The second-order valence-corrected chi connectivity index (χ2v) is 4.63. The third-order valence-corrected chi connectivity index (χ3v) is 2.96. The Morgan fingerprint density at radius 1 is 1.31 bits per heavy atom. The molecule has 0 aliphatic heterocycles. The number of anilines is 1. The van der Waals surface area contributed by atoms with Gasteiger partial charge in [0.05, 0.1) is 5.69 Å². The van der Waals surface area contributed by atoms with Crippen LogP contribution in [0, 0.1) is 0 Å². The number of benzene rings is 1. The molecule has 0 heterocycles. The molecular formula is C10H9Br2NO3. The van der Waals surface area contributed by atoms with Crippen LogP contribution in [0.3, 0.4) is 0 Å². The van der Waals surface area contributed by atoms with E-state index in [-0.39, 0.29) is 12.5 Å². The fraction of sp³-hybridized carbons (Fsp3) is 0.200. The zero-order valence-electron chi connectivity index (χ0n) is 8.42. The molecule has 0 saturated carbocycles. The van der Waals surface area contributed by atoms with Gasteiger partial charge in [0, 0.05) is 15.9 Å². The lowest BCUT2D eigenvalue weighted by Gasteiger charge is -2.09. The first-order valence-electron chi connectivity index (χ1n) is 4.38. The van der Waals surface area contributed by atoms with E-state index in [2.05, 4.69) is 41.9 Å². The number of rotatable bonds is 3. The Bertz CT molecular complexity index is 400. The number of carbonyl (C=O) groups is 2. The van der Waals surface area contributed by atoms with Crippen LogP contribution in [0.5, 0.6) is 0 Å². The summed E-state index contributed by atoms with van der Waals surface area (Å²) in [4.78, 5) is 21.9. The van der Waals surface area contributed by atoms with Crippen molar-refractivity contribution in [2.75, 3.05) is 11.9 Å². The van der Waals surface area contributed by atoms with Gasteiger partial charge in [0.1, 0.15) is 0 Å². The van der Waals surface area contributed by atoms with E-state index in [4.69, 9.17) is 0 Å². The van der Waals surface area contributed by atoms with Crippen molar-refractivity contribution in [2.24, 2.45) is 0 Å². The van der Waals surface area contributed by atoms with Gasteiger partial charge in [-0.3, -0.25) is 9.59 Å². The van der Waals surface area contributed by atoms with Crippen LogP contribution in [0.2, 0.25) is 0 Å². The molecule has 4 nitrogen and oxygen atoms in total. The third-order valence-electron chi connectivity index (χ3n) is 1.63. The highest BCUT2D eigenvalue weighted by Gasteiger charge is 2.09. The van der Waals surface area contributed by atoms with Crippen LogP contribution >= 0.6 is 31.9 Å². The maximum Gasteiger partial charge on any atom is 0.303 e. The molecule has 1 N–H and O–H groups in total. The standard InChI is InChI=1S/C10H9Br2NO3/c1-6(14)16-5-9(15)13-10-7(11)3-2-4-8(10)12/h2-4H,5H2,1H3,(H,13,15). The molecule has 0 radical (unpaired) electrons. The number of nitrogens with one attached hydrogen (secondary N) is 1. The predicted octanol–water partition coefficient (Wildman–Crippen LogP) is 2.71. The van der Waals surface area contributed by atoms with E-state index in [0.29, 0.717) is 5.69 Å². The van der Waals surface area contributed by atoms with Crippen molar-refractivity contribution in [3.63, 3.8) is 0 Å². The molecule has 1 aromatic rings. The number of hydrogen-bond donors (Lipinski definition) is 1. The summed E-state index contributed by atoms with van der Waals surface area (Å²) in [6, 6.07) is 5.42. The van der Waals surface area contributed by atoms with Gasteiger partial charge >= 0.3 is 5.97 Å². The van der Waals surface area contributed by atoms with Gasteiger partial charge < -0.3 is 10.1 Å². The lowest BCUT2D eigenvalue weighted by atomic mass is 10.3. The van der Waals surface area contributed by atoms with Crippen LogP contribution in [0.1, 0.15) is 6.92 Å². The molecule has 16 heavy (non-hydrogen) atoms. The molecule has 0 unspecified atom stereocenters. The Labute approximate surface area is 110 Å². The number of esters is 1. The SMILES string of the molecule is CC(=O)OCC(=O)Nc1c(Br)cccc1Br. The summed E-state index contributed by atoms with van der Waals surface area (Å²) in [7, 11) is 0. The average Bonchev–Trinajstić information content (AvgIpc) is 2.21. The van der Waals surface area contributed by atoms with Gasteiger partial charge in [0.15, 0.2) is 6.61 Å². The topological polar surface area (TPSA) is 55.4 Å². The fourth-order valence-corrected chi connectivity index (χ4v) is 2.16. The van der Waals surface area contributed by atoms with Crippen LogP contribution in [-0.4, -0.2) is 18.5 Å². The Morgan fingerprint density at radius 2 is 1.88 bits per heavy atom. The molecule has 1 aromatic carbocycles. The smallest absolute Gasteiger partial charge is 0.303 e. The van der Waals surface area contributed by atoms with Crippen molar-refractivity contribution in [3.05, 3.63) is 27.1 Å². The number of ether oxygens (including phenoxy) is 1. The summed E-state index contributed by atoms with van der Waals surface area (Å²) in [5.74, 6) is -0.871. The van der Waals surface area contributed by atoms with E-state index in [1.165, 1.54) is 6.92 Å². The van der Waals surface area contributed by atoms with E-state index < -0.39 is 5.97 Å². The minimum Gasteiger partial charge on any atom is -0.456 e. The average molecular weight is 351 g/mol. The van der Waals surface area contributed by atoms with Gasteiger partial charge in [0.2, 0.25) is 0 Å². The predicted molar refractivity (Wildman–Crippen MR) is 67.1 cm³/mol. The highest BCUT2D eigenvalue weighted by molar-refractivity contribution is 9.11. The van der Waals surface area contributed by atoms with E-state index in [1.54, 1.807) is 12.1 Å². The molecule has 0 fully saturated rings. The highest BCUT2D eigenvalue weighted by Crippen LogP contribution is 2.30. The van der Waals surface area contributed by atoms with E-state index in [1.807, 2.05) is 6.07 Å². The number of amides is 1. The van der Waals surface area contributed by atoms with Crippen LogP contribution in [0.25, 0.3) is 0 Å². The Balaban J connectivity index is 2.66. The Morgan fingerprint density at radius 3 is 2.38 bits per heavy atom. The largest absolute Gasteiger partial charge is 0.456 e. The summed E-state index contributed by atoms with van der Waals surface area (Å²) in [6.07, 6.45) is 0. The molecule has 0 bridgehead atoms. The molecule has 0 aromatic heterocycles. The monoisotopic (exact) mass is 349 g/mol. The zero-order valence-corrected chi connectivity index (χ0v) is 11.6. The molecule has 6 heteroatoms. The van der Waals surface area contributed by atoms with Crippen molar-refractivity contribution in [1.29, 1.82) is 0 Å². The molecule has 1 rings (SSSR count). The maximum atomic E-state index is 11.4. The summed E-state index contributed by atoms with van der Waals surface area (Å²) in [5.41, 5.74) is 0.611. The van der Waals surface area contributed by atoms with Crippen molar-refractivity contribution < 1.29 is 14.3 Å². The van der Waals surface area contributed by atoms with Crippen LogP contribution < -0.4 is 5.32 Å². The second kappa shape index (κ2) is 6.00. The number of halogens is 2. The maximum absolute atomic E-state index is 11.4. The Hall–Kier alpha value is -0.880. The normalized spacial score (nSPS) is 9.69. The zero-order chi connectivity index (χ0) is 12.1. The number of hydrogen-bond acceptors (Lipinski definition) is 3. The van der Waals surface area contributed by atoms with Crippen molar-refractivity contribution >= 4 is 49.4 Å². The molecule has 0 spiro atoms. The number of carbonyl (C=O) groups excluding carboxylic acids is 2. The Kier molecular flexibility index (Phi) is 4.95. The highest BCUT2D eigenvalue weighted by atomic mass is 79.9. The minimum atomic E-state index is -0.485. The van der Waals surface area contributed by atoms with Gasteiger partial charge in [0.25, 0.3) is 5.91 Å². The molecule has 0 saturated heterocycles. The first-order valence-corrected chi connectivity index (χ1v) is 5.96.